The molecule has 0 unspecified atom stereocenters. The number of ether oxygens (including phenoxy) is 1. The molecule has 0 spiro atoms. The molecule has 0 heterocycles. The molecular formula is C17H14N2O5S. The third-order valence-corrected chi connectivity index (χ3v) is 4.40. The monoisotopic (exact) mass is 358 g/mol. The Morgan fingerprint density at radius 3 is 2.24 bits per heavy atom. The zero-order chi connectivity index (χ0) is 18.0. The van der Waals surface area contributed by atoms with Gasteiger partial charge in [-0.1, -0.05) is 42.5 Å². The van der Waals surface area contributed by atoms with E-state index in [-0.39, 0.29) is 11.1 Å². The summed E-state index contributed by atoms with van der Waals surface area (Å²) < 4.78 is 28.6. The molecule has 0 aliphatic heterocycles. The Balaban J connectivity index is 2.03. The first kappa shape index (κ1) is 16.7. The molecule has 1 amide bonds. The van der Waals surface area contributed by atoms with Gasteiger partial charge >= 0.3 is 6.09 Å². The highest BCUT2D eigenvalue weighted by atomic mass is 32.2. The van der Waals surface area contributed by atoms with Gasteiger partial charge in [0.1, 0.15) is 16.4 Å². The summed E-state index contributed by atoms with van der Waals surface area (Å²) in [6, 6.07) is 16.0. The molecule has 0 saturated heterocycles. The van der Waals surface area contributed by atoms with Crippen molar-refractivity contribution in [2.45, 2.75) is 4.90 Å². The predicted octanol–water partition coefficient (Wildman–Crippen LogP) is 2.80. The molecule has 8 heteroatoms. The third-order valence-electron chi connectivity index (χ3n) is 3.47. The van der Waals surface area contributed by atoms with Crippen molar-refractivity contribution in [3.8, 4) is 11.5 Å². The van der Waals surface area contributed by atoms with Crippen LogP contribution in [0.4, 0.5) is 10.5 Å². The fourth-order valence-electron chi connectivity index (χ4n) is 2.37. The van der Waals surface area contributed by atoms with Gasteiger partial charge in [-0.25, -0.2) is 18.4 Å². The molecule has 0 aromatic heterocycles. The van der Waals surface area contributed by atoms with Crippen LogP contribution in [0.2, 0.25) is 0 Å². The Kier molecular flexibility index (Phi) is 4.30. The molecule has 7 nitrogen and oxygen atoms in total. The minimum Gasteiger partial charge on any atom is -0.506 e. The average Bonchev–Trinajstić information content (AvgIpc) is 2.57. The smallest absolute Gasteiger partial charge is 0.417 e. The second kappa shape index (κ2) is 6.42. The number of sulfonamides is 1. The van der Waals surface area contributed by atoms with E-state index >= 15 is 0 Å². The number of primary sulfonamides is 1. The van der Waals surface area contributed by atoms with E-state index in [2.05, 4.69) is 5.32 Å². The molecule has 3 aromatic rings. The maximum atomic E-state index is 12.1. The van der Waals surface area contributed by atoms with Crippen LogP contribution in [-0.4, -0.2) is 19.6 Å². The zero-order valence-corrected chi connectivity index (χ0v) is 13.7. The van der Waals surface area contributed by atoms with E-state index in [4.69, 9.17) is 9.88 Å². The molecule has 25 heavy (non-hydrogen) atoms. The first-order valence-electron chi connectivity index (χ1n) is 7.17. The highest BCUT2D eigenvalue weighted by Crippen LogP contribution is 2.37. The molecule has 3 aromatic carbocycles. The fourth-order valence-corrected chi connectivity index (χ4v) is 3.02. The number of para-hydroxylation sites is 1. The molecule has 0 saturated carbocycles. The molecule has 3 rings (SSSR count). The number of phenols is 1. The largest absolute Gasteiger partial charge is 0.506 e. The lowest BCUT2D eigenvalue weighted by Gasteiger charge is -2.12. The van der Waals surface area contributed by atoms with Crippen molar-refractivity contribution in [3.63, 3.8) is 0 Å². The normalized spacial score (nSPS) is 11.2. The molecule has 0 aliphatic rings. The number of carbonyl (C=O) groups excluding carboxylic acids is 1. The Bertz CT molecular complexity index is 1050. The number of hydrogen-bond acceptors (Lipinski definition) is 5. The summed E-state index contributed by atoms with van der Waals surface area (Å²) in [7, 11) is -4.20. The quantitative estimate of drug-likeness (QED) is 0.665. The molecule has 0 atom stereocenters. The van der Waals surface area contributed by atoms with Crippen molar-refractivity contribution in [1.82, 2.24) is 0 Å². The average molecular weight is 358 g/mol. The molecule has 0 bridgehead atoms. The van der Waals surface area contributed by atoms with E-state index in [0.717, 1.165) is 6.07 Å². The number of rotatable bonds is 3. The first-order chi connectivity index (χ1) is 11.9. The van der Waals surface area contributed by atoms with Gasteiger partial charge in [-0.3, -0.25) is 5.32 Å². The number of benzene rings is 3. The molecule has 128 valence electrons. The van der Waals surface area contributed by atoms with Gasteiger partial charge in [0, 0.05) is 22.5 Å². The number of nitrogens with one attached hydrogen (secondary N) is 1. The summed E-state index contributed by atoms with van der Waals surface area (Å²) >= 11 is 0. The van der Waals surface area contributed by atoms with E-state index in [0.29, 0.717) is 11.1 Å². The Labute approximate surface area is 143 Å². The summed E-state index contributed by atoms with van der Waals surface area (Å²) in [6.07, 6.45) is -0.803. The van der Waals surface area contributed by atoms with Crippen LogP contribution in [0, 0.1) is 0 Å². The number of hydrogen-bond donors (Lipinski definition) is 3. The summed E-state index contributed by atoms with van der Waals surface area (Å²) in [5, 5.41) is 18.4. The van der Waals surface area contributed by atoms with Crippen LogP contribution in [-0.2, 0) is 10.0 Å². The van der Waals surface area contributed by atoms with Crippen molar-refractivity contribution in [3.05, 3.63) is 60.7 Å². The Hall–Kier alpha value is -3.10. The fraction of sp³-hybridized carbons (Fsp3) is 0. The lowest BCUT2D eigenvalue weighted by molar-refractivity contribution is 0.215. The van der Waals surface area contributed by atoms with Crippen LogP contribution in [0.5, 0.6) is 11.5 Å². The van der Waals surface area contributed by atoms with E-state index in [1.807, 2.05) is 0 Å². The predicted molar refractivity (Wildman–Crippen MR) is 93.1 cm³/mol. The zero-order valence-electron chi connectivity index (χ0n) is 12.8. The van der Waals surface area contributed by atoms with E-state index in [1.54, 1.807) is 48.5 Å². The minimum atomic E-state index is -4.20. The van der Waals surface area contributed by atoms with Gasteiger partial charge in [-0.2, -0.15) is 0 Å². The summed E-state index contributed by atoms with van der Waals surface area (Å²) in [5.41, 5.74) is 0.516. The lowest BCUT2D eigenvalue weighted by Crippen LogP contribution is -2.18. The van der Waals surface area contributed by atoms with Crippen LogP contribution in [0.15, 0.2) is 65.6 Å². The number of carbonyl (C=O) groups is 1. The maximum Gasteiger partial charge on any atom is 0.417 e. The van der Waals surface area contributed by atoms with Crippen LogP contribution in [0.3, 0.4) is 0 Å². The Morgan fingerprint density at radius 1 is 1.00 bits per heavy atom. The molecular weight excluding hydrogens is 344 g/mol. The number of nitrogens with two attached hydrogens (primary N) is 1. The number of phenolic OH excluding ortho intramolecular Hbond substituents is 1. The topological polar surface area (TPSA) is 119 Å². The van der Waals surface area contributed by atoms with Gasteiger partial charge in [-0.05, 0) is 12.1 Å². The number of amides is 1. The summed E-state index contributed by atoms with van der Waals surface area (Å²) in [5.74, 6) is -0.528. The molecule has 4 N–H and O–H groups in total. The number of anilines is 1. The Morgan fingerprint density at radius 2 is 1.60 bits per heavy atom. The molecule has 0 aliphatic carbocycles. The van der Waals surface area contributed by atoms with Crippen molar-refractivity contribution in [1.29, 1.82) is 0 Å². The van der Waals surface area contributed by atoms with Crippen molar-refractivity contribution < 1.29 is 23.1 Å². The molecule has 0 radical (unpaired) electrons. The van der Waals surface area contributed by atoms with Crippen molar-refractivity contribution in [2.75, 3.05) is 5.32 Å². The second-order valence-electron chi connectivity index (χ2n) is 5.19. The number of fused-ring (bicyclic) bond motifs is 1. The van der Waals surface area contributed by atoms with Gasteiger partial charge in [0.25, 0.3) is 0 Å². The van der Waals surface area contributed by atoms with Gasteiger partial charge in [0.15, 0.2) is 0 Å². The van der Waals surface area contributed by atoms with E-state index in [1.165, 1.54) is 6.07 Å². The highest BCUT2D eigenvalue weighted by Gasteiger charge is 2.21. The van der Waals surface area contributed by atoms with Crippen LogP contribution in [0.1, 0.15) is 0 Å². The maximum absolute atomic E-state index is 12.1. The van der Waals surface area contributed by atoms with Crippen LogP contribution < -0.4 is 15.2 Å². The minimum absolute atomic E-state index is 0.0362. The lowest BCUT2D eigenvalue weighted by atomic mass is 10.1. The standard InChI is InChI=1S/C17H14N2O5S/c18-25(22,23)15-10-14(12-8-4-5-9-13(12)16(15)20)24-17(21)19-11-6-2-1-3-7-11/h1-10,20H,(H,19,21)(H2,18,22,23). The van der Waals surface area contributed by atoms with E-state index < -0.39 is 26.8 Å². The van der Waals surface area contributed by atoms with Crippen molar-refractivity contribution in [2.24, 2.45) is 5.14 Å². The number of aromatic hydroxyl groups is 1. The SMILES string of the molecule is NS(=O)(=O)c1cc(OC(=O)Nc2ccccc2)c2ccccc2c1O. The van der Waals surface area contributed by atoms with Gasteiger partial charge in [-0.15, -0.1) is 0 Å². The van der Waals surface area contributed by atoms with Crippen LogP contribution in [0.25, 0.3) is 10.8 Å². The van der Waals surface area contributed by atoms with Gasteiger partial charge < -0.3 is 9.84 Å². The van der Waals surface area contributed by atoms with E-state index in [9.17, 15) is 18.3 Å². The summed E-state index contributed by atoms with van der Waals surface area (Å²) in [6.45, 7) is 0. The van der Waals surface area contributed by atoms with Gasteiger partial charge in [0.05, 0.1) is 0 Å². The van der Waals surface area contributed by atoms with Crippen LogP contribution >= 0.6 is 0 Å². The second-order valence-corrected chi connectivity index (χ2v) is 6.72. The molecule has 0 fully saturated rings. The van der Waals surface area contributed by atoms with Crippen molar-refractivity contribution >= 4 is 32.6 Å². The van der Waals surface area contributed by atoms with Gasteiger partial charge in [0.2, 0.25) is 10.0 Å². The first-order valence-corrected chi connectivity index (χ1v) is 8.72. The highest BCUT2D eigenvalue weighted by molar-refractivity contribution is 7.89. The third kappa shape index (κ3) is 3.54. The summed E-state index contributed by atoms with van der Waals surface area (Å²) in [4.78, 5) is 11.6.